The van der Waals surface area contributed by atoms with E-state index in [1.807, 2.05) is 0 Å². The third-order valence-corrected chi connectivity index (χ3v) is 6.75. The van der Waals surface area contributed by atoms with Crippen LogP contribution in [0.5, 0.6) is 0 Å². The summed E-state index contributed by atoms with van der Waals surface area (Å²) in [5.74, 6) is -3.92. The van der Waals surface area contributed by atoms with E-state index >= 15 is 0 Å². The minimum atomic E-state index is -2.79. The van der Waals surface area contributed by atoms with Crippen LogP contribution in [-0.2, 0) is 19.1 Å². The molecule has 2 N–H and O–H groups in total. The summed E-state index contributed by atoms with van der Waals surface area (Å²) in [5, 5.41) is 21.1. The molecule has 0 heterocycles. The fraction of sp³-hybridized carbons (Fsp3) is 0.933. The predicted octanol–water partition coefficient (Wildman–Crippen LogP) is 8.11. The van der Waals surface area contributed by atoms with E-state index in [-0.39, 0.29) is 19.3 Å². The van der Waals surface area contributed by atoms with E-state index < -0.39 is 24.0 Å². The highest BCUT2D eigenvalue weighted by molar-refractivity contribution is 5.70. The Morgan fingerprint density at radius 1 is 0.556 bits per heavy atom. The number of unbranched alkanes of at least 4 members (excludes halogenated alkanes) is 17. The first kappa shape index (κ1) is 34.9. The van der Waals surface area contributed by atoms with Gasteiger partial charge in [-0.1, -0.05) is 130 Å². The van der Waals surface area contributed by atoms with Gasteiger partial charge in [-0.3, -0.25) is 9.59 Å². The van der Waals surface area contributed by atoms with Gasteiger partial charge in [0.05, 0.1) is 0 Å². The molecule has 0 rings (SSSR count). The van der Waals surface area contributed by atoms with Crippen LogP contribution in [0.2, 0.25) is 0 Å². The third-order valence-electron chi connectivity index (χ3n) is 6.75. The first-order valence-electron chi connectivity index (χ1n) is 15.2. The molecule has 0 aliphatic rings. The zero-order valence-electron chi connectivity index (χ0n) is 23.9. The van der Waals surface area contributed by atoms with Crippen LogP contribution in [0, 0.1) is 0 Å². The van der Waals surface area contributed by atoms with E-state index in [9.17, 15) is 19.8 Å². The third kappa shape index (κ3) is 21.0. The summed E-state index contributed by atoms with van der Waals surface area (Å²) < 4.78 is 10.5. The molecule has 0 aliphatic carbocycles. The van der Waals surface area contributed by atoms with Crippen LogP contribution in [0.25, 0.3) is 0 Å². The lowest BCUT2D eigenvalue weighted by Gasteiger charge is -2.30. The molecule has 0 saturated heterocycles. The van der Waals surface area contributed by atoms with Gasteiger partial charge in [-0.05, 0) is 25.7 Å². The maximum atomic E-state index is 12.4. The molecule has 0 fully saturated rings. The van der Waals surface area contributed by atoms with Crippen molar-refractivity contribution < 1.29 is 29.3 Å². The van der Waals surface area contributed by atoms with Crippen molar-refractivity contribution in [3.05, 3.63) is 0 Å². The topological polar surface area (TPSA) is 93.1 Å². The van der Waals surface area contributed by atoms with Crippen LogP contribution in [0.15, 0.2) is 0 Å². The summed E-state index contributed by atoms with van der Waals surface area (Å²) in [6, 6.07) is 0. The molecule has 0 aromatic carbocycles. The molecule has 1 unspecified atom stereocenters. The van der Waals surface area contributed by atoms with E-state index in [2.05, 4.69) is 20.8 Å². The zero-order chi connectivity index (χ0) is 26.9. The molecular formula is C30H58O6. The second-order valence-corrected chi connectivity index (χ2v) is 10.4. The Morgan fingerprint density at radius 2 is 0.917 bits per heavy atom. The molecule has 0 spiro atoms. The molecule has 0 aromatic rings. The van der Waals surface area contributed by atoms with Crippen molar-refractivity contribution in [2.24, 2.45) is 0 Å². The summed E-state index contributed by atoms with van der Waals surface area (Å²) in [6.45, 7) is 6.52. The second kappa shape index (κ2) is 24.2. The lowest BCUT2D eigenvalue weighted by molar-refractivity contribution is -0.360. The molecule has 0 radical (unpaired) electrons. The Bertz CT molecular complexity index is 520. The maximum Gasteiger partial charge on any atom is 0.363 e. The Morgan fingerprint density at radius 3 is 1.36 bits per heavy atom. The van der Waals surface area contributed by atoms with E-state index in [1.165, 1.54) is 44.9 Å². The van der Waals surface area contributed by atoms with Gasteiger partial charge in [-0.15, -0.1) is 0 Å². The van der Waals surface area contributed by atoms with Gasteiger partial charge in [0.25, 0.3) is 0 Å². The first-order valence-corrected chi connectivity index (χ1v) is 15.2. The molecule has 0 amide bonds. The van der Waals surface area contributed by atoms with Crippen molar-refractivity contribution in [1.29, 1.82) is 0 Å². The Hall–Kier alpha value is -1.14. The van der Waals surface area contributed by atoms with Crippen molar-refractivity contribution in [3.63, 3.8) is 0 Å². The fourth-order valence-electron chi connectivity index (χ4n) is 4.39. The van der Waals surface area contributed by atoms with Crippen LogP contribution in [0.1, 0.15) is 168 Å². The molecular weight excluding hydrogens is 456 g/mol. The Balaban J connectivity index is 4.61. The molecule has 36 heavy (non-hydrogen) atoms. The quantitative estimate of drug-likeness (QED) is 0.0688. The first-order chi connectivity index (χ1) is 17.4. The summed E-state index contributed by atoms with van der Waals surface area (Å²) in [5.41, 5.74) is 0. The van der Waals surface area contributed by atoms with Crippen LogP contribution in [0.4, 0.5) is 0 Å². The van der Waals surface area contributed by atoms with Crippen LogP contribution < -0.4 is 0 Å². The van der Waals surface area contributed by atoms with Crippen LogP contribution in [0.3, 0.4) is 0 Å². The predicted molar refractivity (Wildman–Crippen MR) is 146 cm³/mol. The largest absolute Gasteiger partial charge is 0.452 e. The summed E-state index contributed by atoms with van der Waals surface area (Å²) in [4.78, 5) is 24.7. The van der Waals surface area contributed by atoms with Gasteiger partial charge in [0, 0.05) is 12.8 Å². The number of rotatable bonds is 26. The average molecular weight is 515 g/mol. The molecule has 6 nitrogen and oxygen atoms in total. The summed E-state index contributed by atoms with van der Waals surface area (Å²) in [7, 11) is 0. The molecule has 0 aromatic heterocycles. The molecule has 6 heteroatoms. The smallest absolute Gasteiger partial charge is 0.363 e. The normalized spacial score (nSPS) is 12.5. The highest BCUT2D eigenvalue weighted by Crippen LogP contribution is 2.22. The molecule has 0 bridgehead atoms. The highest BCUT2D eigenvalue weighted by atomic mass is 16.8. The molecule has 0 saturated carbocycles. The molecule has 0 aliphatic heterocycles. The van der Waals surface area contributed by atoms with Crippen molar-refractivity contribution in [3.8, 4) is 0 Å². The highest BCUT2D eigenvalue weighted by Gasteiger charge is 2.41. The monoisotopic (exact) mass is 514 g/mol. The van der Waals surface area contributed by atoms with E-state index in [0.717, 1.165) is 64.2 Å². The second-order valence-electron chi connectivity index (χ2n) is 10.4. The molecule has 1 atom stereocenters. The van der Waals surface area contributed by atoms with Crippen molar-refractivity contribution >= 4 is 11.9 Å². The Labute approximate surface area is 221 Å². The minimum absolute atomic E-state index is 0.130. The van der Waals surface area contributed by atoms with Crippen molar-refractivity contribution in [2.45, 2.75) is 181 Å². The van der Waals surface area contributed by atoms with Gasteiger partial charge in [0.15, 0.2) is 6.10 Å². The summed E-state index contributed by atoms with van der Waals surface area (Å²) >= 11 is 0. The van der Waals surface area contributed by atoms with Gasteiger partial charge in [0.2, 0.25) is 0 Å². The fourth-order valence-corrected chi connectivity index (χ4v) is 4.39. The van der Waals surface area contributed by atoms with Crippen molar-refractivity contribution in [1.82, 2.24) is 0 Å². The van der Waals surface area contributed by atoms with E-state index in [4.69, 9.17) is 9.47 Å². The number of aliphatic hydroxyl groups is 2. The maximum absolute atomic E-state index is 12.4. The zero-order valence-corrected chi connectivity index (χ0v) is 23.9. The van der Waals surface area contributed by atoms with Gasteiger partial charge in [0.1, 0.15) is 0 Å². The van der Waals surface area contributed by atoms with Crippen molar-refractivity contribution in [2.75, 3.05) is 0 Å². The van der Waals surface area contributed by atoms with E-state index in [0.29, 0.717) is 19.3 Å². The van der Waals surface area contributed by atoms with Crippen LogP contribution >= 0.6 is 0 Å². The van der Waals surface area contributed by atoms with Gasteiger partial charge < -0.3 is 19.7 Å². The summed E-state index contributed by atoms with van der Waals surface area (Å²) in [6.07, 6.45) is 20.5. The number of carbonyl (C=O) groups excluding carboxylic acids is 2. The number of hydrogen-bond donors (Lipinski definition) is 2. The number of carbonyl (C=O) groups is 2. The number of hydrogen-bond acceptors (Lipinski definition) is 6. The number of esters is 2. The lowest BCUT2D eigenvalue weighted by Crippen LogP contribution is -2.48. The standard InChI is InChI=1S/C30H58O6/c1-4-7-10-13-16-17-18-21-24-27(35-28(31)25-22-19-14-11-8-5-2)30(33,34)36-29(32)26-23-20-15-12-9-6-3/h27,33-34H,4-26H2,1-3H3. The van der Waals surface area contributed by atoms with E-state index in [1.54, 1.807) is 0 Å². The van der Waals surface area contributed by atoms with Gasteiger partial charge in [-0.25, -0.2) is 0 Å². The minimum Gasteiger partial charge on any atom is -0.452 e. The average Bonchev–Trinajstić information content (AvgIpc) is 2.84. The van der Waals surface area contributed by atoms with Gasteiger partial charge >= 0.3 is 17.9 Å². The Kier molecular flexibility index (Phi) is 23.4. The SMILES string of the molecule is CCCCCCCCCCC(OC(=O)CCCCCCCC)C(O)(O)OC(=O)CCCCCCCC. The lowest BCUT2D eigenvalue weighted by atomic mass is 10.0. The van der Waals surface area contributed by atoms with Crippen LogP contribution in [-0.4, -0.2) is 34.2 Å². The number of ether oxygens (including phenoxy) is 2. The molecule has 214 valence electrons. The van der Waals surface area contributed by atoms with Gasteiger partial charge in [-0.2, -0.15) is 0 Å².